The number of hydrogen-bond donors (Lipinski definition) is 4. The zero-order valence-corrected chi connectivity index (χ0v) is 10.9. The fourth-order valence-corrected chi connectivity index (χ4v) is 1.70. The quantitative estimate of drug-likeness (QED) is 0.692. The van der Waals surface area contributed by atoms with Gasteiger partial charge in [0.2, 0.25) is 0 Å². The first-order valence-corrected chi connectivity index (χ1v) is 6.00. The highest BCUT2D eigenvalue weighted by Gasteiger charge is 2.10. The number of H-pyrrole nitrogens is 1. The number of aromatic carboxylic acids is 1. The molecule has 8 heteroatoms. The molecular weight excluding hydrogens is 284 g/mol. The number of carboxylic acids is 1. The summed E-state index contributed by atoms with van der Waals surface area (Å²) >= 11 is 5.73. The molecule has 0 saturated heterocycles. The van der Waals surface area contributed by atoms with Crippen LogP contribution >= 0.6 is 11.6 Å². The third kappa shape index (κ3) is 3.48. The molecule has 2 rings (SSSR count). The van der Waals surface area contributed by atoms with Gasteiger partial charge in [0.1, 0.15) is 5.82 Å². The number of aromatic amines is 1. The molecule has 1 aromatic carbocycles. The maximum absolute atomic E-state index is 11.6. The number of rotatable bonds is 4. The summed E-state index contributed by atoms with van der Waals surface area (Å²) in [4.78, 5) is 29.3. The summed E-state index contributed by atoms with van der Waals surface area (Å²) in [5.41, 5.74) is 0.263. The average Bonchev–Trinajstić information content (AvgIpc) is 2.91. The van der Waals surface area contributed by atoms with Crippen molar-refractivity contribution in [3.63, 3.8) is 0 Å². The van der Waals surface area contributed by atoms with E-state index in [0.29, 0.717) is 11.5 Å². The van der Waals surface area contributed by atoms with Gasteiger partial charge in [-0.1, -0.05) is 11.6 Å². The van der Waals surface area contributed by atoms with Crippen LogP contribution in [0.5, 0.6) is 0 Å². The van der Waals surface area contributed by atoms with Gasteiger partial charge in [0.05, 0.1) is 17.1 Å². The number of carbonyl (C=O) groups is 2. The number of urea groups is 1. The van der Waals surface area contributed by atoms with Crippen molar-refractivity contribution < 1.29 is 14.7 Å². The van der Waals surface area contributed by atoms with E-state index in [1.165, 1.54) is 18.2 Å². The minimum Gasteiger partial charge on any atom is -0.478 e. The molecule has 104 valence electrons. The summed E-state index contributed by atoms with van der Waals surface area (Å²) < 4.78 is 0. The standard InChI is InChI=1S/C12H11ClN4O3/c13-9-2-1-7(5-8(9)11(18)19)17-12(20)16-6-10-14-3-4-15-10/h1-5H,6H2,(H,14,15)(H,18,19)(H2,16,17,20). The molecule has 0 fully saturated rings. The Labute approximate surface area is 119 Å². The molecule has 0 aliphatic rings. The second kappa shape index (κ2) is 6.07. The van der Waals surface area contributed by atoms with Gasteiger partial charge < -0.3 is 20.7 Å². The van der Waals surface area contributed by atoms with Crippen LogP contribution in [0.15, 0.2) is 30.6 Å². The molecule has 0 radical (unpaired) electrons. The highest BCUT2D eigenvalue weighted by molar-refractivity contribution is 6.33. The van der Waals surface area contributed by atoms with Crippen LogP contribution < -0.4 is 10.6 Å². The molecule has 20 heavy (non-hydrogen) atoms. The van der Waals surface area contributed by atoms with Crippen molar-refractivity contribution in [1.29, 1.82) is 0 Å². The maximum Gasteiger partial charge on any atom is 0.337 e. The molecule has 0 atom stereocenters. The molecule has 0 bridgehead atoms. The fraction of sp³-hybridized carbons (Fsp3) is 0.0833. The number of halogens is 1. The zero-order valence-electron chi connectivity index (χ0n) is 10.2. The molecule has 4 N–H and O–H groups in total. The Morgan fingerprint density at radius 2 is 2.20 bits per heavy atom. The Bertz CT molecular complexity index is 628. The zero-order chi connectivity index (χ0) is 14.5. The Kier molecular flexibility index (Phi) is 4.21. The number of nitrogens with zero attached hydrogens (tertiary/aromatic N) is 1. The van der Waals surface area contributed by atoms with E-state index in [1.807, 2.05) is 0 Å². The van der Waals surface area contributed by atoms with Crippen molar-refractivity contribution in [2.45, 2.75) is 6.54 Å². The van der Waals surface area contributed by atoms with Crippen LogP contribution in [0.25, 0.3) is 0 Å². The molecule has 0 aliphatic heterocycles. The first kappa shape index (κ1) is 13.9. The van der Waals surface area contributed by atoms with Crippen molar-refractivity contribution in [3.8, 4) is 0 Å². The number of aromatic nitrogens is 2. The third-order valence-corrected chi connectivity index (χ3v) is 2.76. The predicted molar refractivity (Wildman–Crippen MR) is 72.9 cm³/mol. The molecule has 2 amide bonds. The van der Waals surface area contributed by atoms with E-state index in [-0.39, 0.29) is 17.1 Å². The molecule has 0 aliphatic carbocycles. The van der Waals surface area contributed by atoms with Crippen LogP contribution in [-0.4, -0.2) is 27.1 Å². The number of nitrogens with one attached hydrogen (secondary N) is 3. The Morgan fingerprint density at radius 3 is 2.85 bits per heavy atom. The molecule has 1 heterocycles. The van der Waals surface area contributed by atoms with Gasteiger partial charge in [-0.3, -0.25) is 0 Å². The van der Waals surface area contributed by atoms with Crippen molar-refractivity contribution >= 4 is 29.3 Å². The van der Waals surface area contributed by atoms with E-state index in [2.05, 4.69) is 20.6 Å². The average molecular weight is 295 g/mol. The fourth-order valence-electron chi connectivity index (χ4n) is 1.50. The van der Waals surface area contributed by atoms with Gasteiger partial charge in [0.15, 0.2) is 0 Å². The van der Waals surface area contributed by atoms with Crippen LogP contribution in [0, 0.1) is 0 Å². The molecule has 7 nitrogen and oxygen atoms in total. The number of benzene rings is 1. The van der Waals surface area contributed by atoms with Crippen LogP contribution in [0.1, 0.15) is 16.2 Å². The number of carbonyl (C=O) groups excluding carboxylic acids is 1. The van der Waals surface area contributed by atoms with Gasteiger partial charge in [0.25, 0.3) is 0 Å². The number of anilines is 1. The second-order valence-corrected chi connectivity index (χ2v) is 4.25. The van der Waals surface area contributed by atoms with Crippen LogP contribution in [0.4, 0.5) is 10.5 Å². The number of amides is 2. The molecule has 2 aromatic rings. The lowest BCUT2D eigenvalue weighted by molar-refractivity contribution is 0.0697. The largest absolute Gasteiger partial charge is 0.478 e. The van der Waals surface area contributed by atoms with E-state index in [9.17, 15) is 9.59 Å². The van der Waals surface area contributed by atoms with Crippen molar-refractivity contribution in [2.24, 2.45) is 0 Å². The van der Waals surface area contributed by atoms with Gasteiger partial charge in [-0.05, 0) is 18.2 Å². The van der Waals surface area contributed by atoms with Crippen LogP contribution in [0.3, 0.4) is 0 Å². The second-order valence-electron chi connectivity index (χ2n) is 3.84. The van der Waals surface area contributed by atoms with Crippen molar-refractivity contribution in [3.05, 3.63) is 47.0 Å². The molecule has 0 saturated carbocycles. The maximum atomic E-state index is 11.6. The molecular formula is C12H11ClN4O3. The van der Waals surface area contributed by atoms with Crippen LogP contribution in [-0.2, 0) is 6.54 Å². The Hall–Kier alpha value is -2.54. The van der Waals surface area contributed by atoms with E-state index in [4.69, 9.17) is 16.7 Å². The van der Waals surface area contributed by atoms with E-state index in [0.717, 1.165) is 0 Å². The van der Waals surface area contributed by atoms with Gasteiger partial charge in [-0.2, -0.15) is 0 Å². The smallest absolute Gasteiger partial charge is 0.337 e. The number of imidazole rings is 1. The van der Waals surface area contributed by atoms with Gasteiger partial charge >= 0.3 is 12.0 Å². The highest BCUT2D eigenvalue weighted by atomic mass is 35.5. The minimum atomic E-state index is -1.16. The highest BCUT2D eigenvalue weighted by Crippen LogP contribution is 2.20. The summed E-state index contributed by atoms with van der Waals surface area (Å²) in [5, 5.41) is 14.1. The van der Waals surface area contributed by atoms with E-state index < -0.39 is 12.0 Å². The molecule has 1 aromatic heterocycles. The Balaban J connectivity index is 1.97. The van der Waals surface area contributed by atoms with E-state index >= 15 is 0 Å². The number of hydrogen-bond acceptors (Lipinski definition) is 3. The SMILES string of the molecule is O=C(NCc1ncc[nH]1)Nc1ccc(Cl)c(C(=O)O)c1. The lowest BCUT2D eigenvalue weighted by Gasteiger charge is -2.08. The first-order valence-electron chi connectivity index (χ1n) is 5.62. The minimum absolute atomic E-state index is 0.0736. The van der Waals surface area contributed by atoms with Gasteiger partial charge in [-0.15, -0.1) is 0 Å². The Morgan fingerprint density at radius 1 is 1.40 bits per heavy atom. The third-order valence-electron chi connectivity index (χ3n) is 2.43. The first-order chi connectivity index (χ1) is 9.56. The molecule has 0 unspecified atom stereocenters. The topological polar surface area (TPSA) is 107 Å². The van der Waals surface area contributed by atoms with Gasteiger partial charge in [0, 0.05) is 18.1 Å². The monoisotopic (exact) mass is 294 g/mol. The lowest BCUT2D eigenvalue weighted by Crippen LogP contribution is -2.28. The summed E-state index contributed by atoms with van der Waals surface area (Å²) in [6.45, 7) is 0.234. The van der Waals surface area contributed by atoms with Crippen LogP contribution in [0.2, 0.25) is 5.02 Å². The summed E-state index contributed by atoms with van der Waals surface area (Å²) in [6, 6.07) is 3.74. The summed E-state index contributed by atoms with van der Waals surface area (Å²) in [5.74, 6) is -0.544. The normalized spacial score (nSPS) is 10.1. The van der Waals surface area contributed by atoms with E-state index in [1.54, 1.807) is 12.4 Å². The lowest BCUT2D eigenvalue weighted by atomic mass is 10.2. The van der Waals surface area contributed by atoms with Crippen molar-refractivity contribution in [2.75, 3.05) is 5.32 Å². The number of carboxylic acid groups (broad SMARTS) is 1. The predicted octanol–water partition coefficient (Wildman–Crippen LogP) is 2.08. The van der Waals surface area contributed by atoms with Crippen molar-refractivity contribution in [1.82, 2.24) is 15.3 Å². The molecule has 0 spiro atoms. The summed E-state index contributed by atoms with van der Waals surface area (Å²) in [6.07, 6.45) is 3.22. The van der Waals surface area contributed by atoms with Gasteiger partial charge in [-0.25, -0.2) is 14.6 Å². The summed E-state index contributed by atoms with van der Waals surface area (Å²) in [7, 11) is 0.